The van der Waals surface area contributed by atoms with E-state index in [1.54, 1.807) is 22.8 Å². The molecular formula is C45H28N4S. The van der Waals surface area contributed by atoms with Gasteiger partial charge in [-0.3, -0.25) is 0 Å². The molecule has 3 aromatic heterocycles. The Balaban J connectivity index is 1.38. The maximum Gasteiger partial charge on any atom is 0.164 e. The summed E-state index contributed by atoms with van der Waals surface area (Å²) in [4.78, 5) is 14.7. The maximum absolute atomic E-state index is 9.25. The minimum Gasteiger partial charge on any atom is -0.309 e. The van der Waals surface area contributed by atoms with Crippen molar-refractivity contribution in [2.45, 2.75) is 0 Å². The van der Waals surface area contributed by atoms with Crippen LogP contribution >= 0.6 is 11.3 Å². The summed E-state index contributed by atoms with van der Waals surface area (Å²) in [6.45, 7) is 0. The smallest absolute Gasteiger partial charge is 0.164 e. The van der Waals surface area contributed by atoms with E-state index >= 15 is 0 Å². The Morgan fingerprint density at radius 3 is 1.66 bits per heavy atom. The number of fused-ring (bicyclic) bond motifs is 6. The highest BCUT2D eigenvalue weighted by Gasteiger charge is 2.20. The third-order valence-corrected chi connectivity index (χ3v) is 9.81. The Labute approximate surface area is 308 Å². The van der Waals surface area contributed by atoms with Crippen molar-refractivity contribution in [1.82, 2.24) is 19.5 Å². The van der Waals surface area contributed by atoms with E-state index < -0.39 is 0 Å². The van der Waals surface area contributed by atoms with Crippen LogP contribution in [0.5, 0.6) is 0 Å². The molecule has 0 saturated carbocycles. The molecule has 0 N–H and O–H groups in total. The molecule has 0 aliphatic rings. The fourth-order valence-corrected chi connectivity index (χ4v) is 7.50. The van der Waals surface area contributed by atoms with Gasteiger partial charge in [-0.2, -0.15) is 0 Å². The molecule has 0 atom stereocenters. The van der Waals surface area contributed by atoms with E-state index in [1.165, 1.54) is 24.3 Å². The Hall–Kier alpha value is -6.43. The largest absolute Gasteiger partial charge is 0.309 e. The number of rotatable bonds is 5. The molecule has 0 bridgehead atoms. The molecule has 5 heteroatoms. The van der Waals surface area contributed by atoms with Gasteiger partial charge in [0.05, 0.1) is 31.8 Å². The summed E-state index contributed by atoms with van der Waals surface area (Å²) in [6, 6.07) is 27.4. The first-order valence-corrected chi connectivity index (χ1v) is 16.6. The van der Waals surface area contributed by atoms with Crippen molar-refractivity contribution in [2.24, 2.45) is 0 Å². The predicted molar refractivity (Wildman–Crippen MR) is 209 cm³/mol. The number of benzene rings is 7. The second-order valence-corrected chi connectivity index (χ2v) is 12.6. The SMILES string of the molecule is [2H]c1cc([2H])c2sc3c(-c4ccc(-c5nc(-c6ccccc6)nc(-c6ccccc6)n5)cc4-n4c5c([2H])cc([2H])c([2H])c5c5c([2H])c([2H])cc([2H])c54)cc([2H])c([2H])c3c2c1[2H]. The highest BCUT2D eigenvalue weighted by atomic mass is 32.1. The van der Waals surface area contributed by atoms with E-state index in [9.17, 15) is 2.74 Å². The molecule has 10 rings (SSSR count). The van der Waals surface area contributed by atoms with Gasteiger partial charge >= 0.3 is 0 Å². The van der Waals surface area contributed by atoms with Crippen molar-refractivity contribution in [3.8, 4) is 51.0 Å². The number of thiophene rings is 1. The number of hydrogen-bond donors (Lipinski definition) is 0. The van der Waals surface area contributed by atoms with Crippen LogP contribution in [0.4, 0.5) is 0 Å². The number of hydrogen-bond acceptors (Lipinski definition) is 4. The lowest BCUT2D eigenvalue weighted by atomic mass is 9.98. The quantitative estimate of drug-likeness (QED) is 0.183. The molecule has 0 fully saturated rings. The third-order valence-electron chi connectivity index (χ3n) is 8.65. The molecule has 50 heavy (non-hydrogen) atoms. The van der Waals surface area contributed by atoms with Gasteiger partial charge in [0, 0.05) is 58.8 Å². The normalized spacial score (nSPS) is 14.7. The lowest BCUT2D eigenvalue weighted by Gasteiger charge is -2.17. The molecule has 0 aliphatic carbocycles. The van der Waals surface area contributed by atoms with Gasteiger partial charge in [-0.1, -0.05) is 145 Å². The highest BCUT2D eigenvalue weighted by Crippen LogP contribution is 2.44. The van der Waals surface area contributed by atoms with Crippen LogP contribution in [-0.4, -0.2) is 19.5 Å². The first-order chi connectivity index (χ1) is 29.3. The molecule has 0 aliphatic heterocycles. The number of para-hydroxylation sites is 2. The van der Waals surface area contributed by atoms with E-state index in [4.69, 9.17) is 27.3 Å². The van der Waals surface area contributed by atoms with Crippen molar-refractivity contribution >= 4 is 53.3 Å². The van der Waals surface area contributed by atoms with Gasteiger partial charge in [0.25, 0.3) is 0 Å². The molecule has 4 nitrogen and oxygen atoms in total. The summed E-state index contributed by atoms with van der Waals surface area (Å²) in [5, 5.41) is 0.590. The van der Waals surface area contributed by atoms with E-state index in [0.29, 0.717) is 43.4 Å². The monoisotopic (exact) mass is 667 g/mol. The van der Waals surface area contributed by atoms with Gasteiger partial charge in [0.15, 0.2) is 17.5 Å². The molecule has 0 spiro atoms. The average Bonchev–Trinajstić information content (AvgIpc) is 3.85. The van der Waals surface area contributed by atoms with Crippen molar-refractivity contribution < 1.29 is 15.1 Å². The average molecular weight is 668 g/mol. The van der Waals surface area contributed by atoms with Crippen molar-refractivity contribution in [1.29, 1.82) is 0 Å². The molecule has 0 amide bonds. The van der Waals surface area contributed by atoms with E-state index in [2.05, 4.69) is 0 Å². The summed E-state index contributed by atoms with van der Waals surface area (Å²) in [5.74, 6) is 1.08. The Morgan fingerprint density at radius 2 is 1.02 bits per heavy atom. The van der Waals surface area contributed by atoms with E-state index in [1.807, 2.05) is 60.7 Å². The lowest BCUT2D eigenvalue weighted by Crippen LogP contribution is -2.02. The fraction of sp³-hybridized carbons (Fsp3) is 0. The molecule has 234 valence electrons. The second-order valence-electron chi connectivity index (χ2n) is 11.6. The van der Waals surface area contributed by atoms with Crippen molar-refractivity contribution in [3.63, 3.8) is 0 Å². The second kappa shape index (κ2) is 11.6. The highest BCUT2D eigenvalue weighted by molar-refractivity contribution is 7.26. The first-order valence-electron chi connectivity index (χ1n) is 21.3. The number of nitrogens with zero attached hydrogens (tertiary/aromatic N) is 4. The van der Waals surface area contributed by atoms with E-state index in [0.717, 1.165) is 22.5 Å². The summed E-state index contributed by atoms with van der Waals surface area (Å²) < 4.78 is 100. The standard InChI is InChI=1S/C45H28N4S/c1-3-14-29(15-4-1)43-46-44(30-16-5-2-6-17-30)48-45(47-43)31-26-27-34(36-21-13-22-37-35-20-9-12-25-41(35)50-42(36)37)40(28-31)49-38-23-10-7-18-32(38)33-19-8-11-24-39(33)49/h1-28H/i7D,8D,9D,13D,18D,19D,20D,22D,23D,24D,25D. The zero-order valence-electron chi connectivity index (χ0n) is 37.0. The summed E-state index contributed by atoms with van der Waals surface area (Å²) >= 11 is 1.16. The molecule has 0 unspecified atom stereocenters. The van der Waals surface area contributed by atoms with Crippen molar-refractivity contribution in [2.75, 3.05) is 0 Å². The molecule has 10 aromatic rings. The van der Waals surface area contributed by atoms with E-state index in [-0.39, 0.29) is 105 Å². The molecule has 0 saturated heterocycles. The predicted octanol–water partition coefficient (Wildman–Crippen LogP) is 12.0. The zero-order chi connectivity index (χ0) is 42.6. The Bertz CT molecular complexity index is 3370. The zero-order valence-corrected chi connectivity index (χ0v) is 26.8. The maximum atomic E-state index is 9.25. The third kappa shape index (κ3) is 4.63. The lowest BCUT2D eigenvalue weighted by molar-refractivity contribution is 1.07. The first kappa shape index (κ1) is 19.5. The summed E-state index contributed by atoms with van der Waals surface area (Å²) in [7, 11) is 0. The molecule has 3 heterocycles. The van der Waals surface area contributed by atoms with Gasteiger partial charge in [-0.25, -0.2) is 15.0 Å². The number of aromatic nitrogens is 4. The van der Waals surface area contributed by atoms with Gasteiger partial charge in [0.2, 0.25) is 0 Å². The van der Waals surface area contributed by atoms with Crippen LogP contribution in [0.15, 0.2) is 170 Å². The Kier molecular flexibility index (Phi) is 4.54. The fourth-order valence-electron chi connectivity index (χ4n) is 6.39. The van der Waals surface area contributed by atoms with Crippen LogP contribution in [0.3, 0.4) is 0 Å². The molecule has 7 aromatic carbocycles. The van der Waals surface area contributed by atoms with Crippen LogP contribution < -0.4 is 0 Å². The van der Waals surface area contributed by atoms with Crippen LogP contribution in [0.25, 0.3) is 93.0 Å². The van der Waals surface area contributed by atoms with Crippen LogP contribution in [0.1, 0.15) is 15.1 Å². The van der Waals surface area contributed by atoms with Gasteiger partial charge in [-0.15, -0.1) is 11.3 Å². The Morgan fingerprint density at radius 1 is 0.460 bits per heavy atom. The van der Waals surface area contributed by atoms with Crippen LogP contribution in [0, 0.1) is 0 Å². The van der Waals surface area contributed by atoms with Gasteiger partial charge in [-0.05, 0) is 24.2 Å². The minimum atomic E-state index is -0.278. The summed E-state index contributed by atoms with van der Waals surface area (Å²) in [5.41, 5.74) is 3.36. The molecular weight excluding hydrogens is 629 g/mol. The topological polar surface area (TPSA) is 43.6 Å². The summed E-state index contributed by atoms with van der Waals surface area (Å²) in [6.07, 6.45) is 0. The van der Waals surface area contributed by atoms with Crippen LogP contribution in [-0.2, 0) is 0 Å². The minimum absolute atomic E-state index is 0.00590. The van der Waals surface area contributed by atoms with Gasteiger partial charge < -0.3 is 4.57 Å². The van der Waals surface area contributed by atoms with Crippen LogP contribution in [0.2, 0.25) is 0 Å². The van der Waals surface area contributed by atoms with Gasteiger partial charge in [0.1, 0.15) is 0 Å². The van der Waals surface area contributed by atoms with Crippen molar-refractivity contribution in [3.05, 3.63) is 170 Å². The molecule has 0 radical (unpaired) electrons.